The lowest BCUT2D eigenvalue weighted by atomic mass is 10.1. The zero-order chi connectivity index (χ0) is 12.5. The van der Waals surface area contributed by atoms with E-state index >= 15 is 0 Å². The predicted molar refractivity (Wildman–Crippen MR) is 70.2 cm³/mol. The minimum absolute atomic E-state index is 0.348. The Hall–Kier alpha value is -2.36. The lowest BCUT2D eigenvalue weighted by molar-refractivity contribution is -0.108. The Morgan fingerprint density at radius 1 is 1.33 bits per heavy atom. The molecule has 4 heteroatoms. The van der Waals surface area contributed by atoms with Crippen LogP contribution in [0.1, 0.15) is 0 Å². The van der Waals surface area contributed by atoms with Crippen LogP contribution in [0.3, 0.4) is 0 Å². The largest absolute Gasteiger partial charge is 0.351 e. The number of fused-ring (bicyclic) bond motifs is 1. The van der Waals surface area contributed by atoms with Crippen molar-refractivity contribution < 1.29 is 4.79 Å². The third-order valence-electron chi connectivity index (χ3n) is 3.10. The molecule has 0 N–H and O–H groups in total. The summed E-state index contributed by atoms with van der Waals surface area (Å²) in [5.74, 6) is 0. The van der Waals surface area contributed by atoms with Crippen LogP contribution in [0.2, 0.25) is 0 Å². The van der Waals surface area contributed by atoms with Gasteiger partial charge in [0.05, 0.1) is 18.6 Å². The Labute approximate surface area is 104 Å². The normalized spacial score (nSPS) is 10.9. The summed E-state index contributed by atoms with van der Waals surface area (Å²) in [5.41, 5.74) is 3.16. The van der Waals surface area contributed by atoms with Crippen LogP contribution in [-0.4, -0.2) is 20.4 Å². The average molecular weight is 239 g/mol. The van der Waals surface area contributed by atoms with Gasteiger partial charge in [-0.15, -0.1) is 0 Å². The fraction of sp³-hybridized carbons (Fsp3) is 0.143. The molecule has 3 aromatic rings. The zero-order valence-electron chi connectivity index (χ0n) is 10.1. The van der Waals surface area contributed by atoms with Crippen LogP contribution in [0, 0.1) is 0 Å². The molecule has 0 aliphatic carbocycles. The topological polar surface area (TPSA) is 39.8 Å². The van der Waals surface area contributed by atoms with E-state index in [9.17, 15) is 4.79 Å². The Balaban J connectivity index is 2.04. The molecule has 1 aromatic carbocycles. The van der Waals surface area contributed by atoms with E-state index in [1.807, 2.05) is 19.4 Å². The molecule has 0 atom stereocenters. The summed E-state index contributed by atoms with van der Waals surface area (Å²) >= 11 is 0. The van der Waals surface area contributed by atoms with Gasteiger partial charge in [0.2, 0.25) is 0 Å². The summed E-state index contributed by atoms with van der Waals surface area (Å²) in [6.45, 7) is 0.348. The van der Waals surface area contributed by atoms with E-state index < -0.39 is 0 Å². The van der Waals surface area contributed by atoms with Crippen LogP contribution in [-0.2, 0) is 18.4 Å². The van der Waals surface area contributed by atoms with Gasteiger partial charge < -0.3 is 13.9 Å². The lowest BCUT2D eigenvalue weighted by Gasteiger charge is -1.99. The van der Waals surface area contributed by atoms with Gasteiger partial charge >= 0.3 is 0 Å². The number of aromatic nitrogens is 3. The van der Waals surface area contributed by atoms with Crippen molar-refractivity contribution >= 4 is 17.2 Å². The Morgan fingerprint density at radius 3 is 3.06 bits per heavy atom. The van der Waals surface area contributed by atoms with E-state index in [1.54, 1.807) is 10.9 Å². The van der Waals surface area contributed by atoms with E-state index in [0.717, 1.165) is 17.5 Å². The second-order valence-corrected chi connectivity index (χ2v) is 4.32. The van der Waals surface area contributed by atoms with E-state index in [-0.39, 0.29) is 0 Å². The van der Waals surface area contributed by atoms with E-state index in [4.69, 9.17) is 0 Å². The SMILES string of the molecule is Cn1ccc2cc(-c3cn(CC=O)cn3)ccc21. The fourth-order valence-corrected chi connectivity index (χ4v) is 2.14. The summed E-state index contributed by atoms with van der Waals surface area (Å²) in [5, 5.41) is 1.19. The number of hydrogen-bond acceptors (Lipinski definition) is 2. The molecule has 18 heavy (non-hydrogen) atoms. The molecule has 0 aliphatic rings. The minimum atomic E-state index is 0.348. The first-order valence-electron chi connectivity index (χ1n) is 5.79. The van der Waals surface area contributed by atoms with Gasteiger partial charge in [-0.2, -0.15) is 0 Å². The van der Waals surface area contributed by atoms with Crippen LogP contribution in [0.4, 0.5) is 0 Å². The van der Waals surface area contributed by atoms with Gasteiger partial charge in [0.1, 0.15) is 6.29 Å². The molecule has 2 aromatic heterocycles. The highest BCUT2D eigenvalue weighted by Gasteiger charge is 2.04. The average Bonchev–Trinajstić information content (AvgIpc) is 2.97. The molecule has 0 amide bonds. The maximum atomic E-state index is 10.4. The zero-order valence-corrected chi connectivity index (χ0v) is 10.1. The highest BCUT2D eigenvalue weighted by Crippen LogP contribution is 2.23. The van der Waals surface area contributed by atoms with Gasteiger partial charge in [-0.25, -0.2) is 4.98 Å². The number of benzene rings is 1. The first-order valence-corrected chi connectivity index (χ1v) is 5.79. The van der Waals surface area contributed by atoms with Gasteiger partial charge in [0.25, 0.3) is 0 Å². The molecular formula is C14H13N3O. The third-order valence-corrected chi connectivity index (χ3v) is 3.10. The van der Waals surface area contributed by atoms with Crippen LogP contribution in [0.15, 0.2) is 43.0 Å². The first kappa shape index (κ1) is 10.8. The number of aldehydes is 1. The Kier molecular flexibility index (Phi) is 2.48. The molecule has 4 nitrogen and oxygen atoms in total. The number of carbonyl (C=O) groups excluding carboxylic acids is 1. The van der Waals surface area contributed by atoms with Crippen LogP contribution in [0.5, 0.6) is 0 Å². The molecule has 0 bridgehead atoms. The maximum Gasteiger partial charge on any atom is 0.139 e. The van der Waals surface area contributed by atoms with Crippen LogP contribution < -0.4 is 0 Å². The number of aryl methyl sites for hydroxylation is 1. The third kappa shape index (κ3) is 1.72. The van der Waals surface area contributed by atoms with Crippen LogP contribution >= 0.6 is 0 Å². The van der Waals surface area contributed by atoms with E-state index in [1.165, 1.54) is 10.9 Å². The van der Waals surface area contributed by atoms with Gasteiger partial charge in [-0.3, -0.25) is 0 Å². The monoisotopic (exact) mass is 239 g/mol. The molecule has 90 valence electrons. The second kappa shape index (κ2) is 4.14. The summed E-state index contributed by atoms with van der Waals surface area (Å²) in [6.07, 6.45) is 6.47. The summed E-state index contributed by atoms with van der Waals surface area (Å²) < 4.78 is 3.86. The van der Waals surface area contributed by atoms with Gasteiger partial charge in [0, 0.05) is 35.9 Å². The molecule has 0 unspecified atom stereocenters. The van der Waals surface area contributed by atoms with Crippen molar-refractivity contribution in [2.75, 3.05) is 0 Å². The molecule has 2 heterocycles. The number of carbonyl (C=O) groups is 1. The predicted octanol–water partition coefficient (Wildman–Crippen LogP) is 2.24. The molecular weight excluding hydrogens is 226 g/mol. The number of nitrogens with zero attached hydrogens (tertiary/aromatic N) is 3. The second-order valence-electron chi connectivity index (χ2n) is 4.32. The van der Waals surface area contributed by atoms with Gasteiger partial charge in [-0.05, 0) is 18.2 Å². The van der Waals surface area contributed by atoms with Crippen molar-refractivity contribution in [2.45, 2.75) is 6.54 Å². The van der Waals surface area contributed by atoms with Crippen molar-refractivity contribution in [2.24, 2.45) is 7.05 Å². The highest BCUT2D eigenvalue weighted by molar-refractivity contribution is 5.84. The molecule has 0 aliphatic heterocycles. The number of imidazole rings is 1. The van der Waals surface area contributed by atoms with Crippen LogP contribution in [0.25, 0.3) is 22.2 Å². The van der Waals surface area contributed by atoms with Crippen molar-refractivity contribution in [1.29, 1.82) is 0 Å². The van der Waals surface area contributed by atoms with E-state index in [2.05, 4.69) is 33.8 Å². The molecule has 0 radical (unpaired) electrons. The quantitative estimate of drug-likeness (QED) is 0.657. The summed E-state index contributed by atoms with van der Waals surface area (Å²) in [6, 6.07) is 8.34. The van der Waals surface area contributed by atoms with Gasteiger partial charge in [0.15, 0.2) is 0 Å². The first-order chi connectivity index (χ1) is 8.78. The molecule has 0 fully saturated rings. The Morgan fingerprint density at radius 2 is 2.22 bits per heavy atom. The fourth-order valence-electron chi connectivity index (χ4n) is 2.14. The molecule has 3 rings (SSSR count). The van der Waals surface area contributed by atoms with Crippen molar-refractivity contribution in [1.82, 2.24) is 14.1 Å². The van der Waals surface area contributed by atoms with Gasteiger partial charge in [-0.1, -0.05) is 6.07 Å². The van der Waals surface area contributed by atoms with Crippen molar-refractivity contribution in [3.05, 3.63) is 43.0 Å². The molecule has 0 saturated carbocycles. The summed E-state index contributed by atoms with van der Waals surface area (Å²) in [7, 11) is 2.03. The van der Waals surface area contributed by atoms with Crippen molar-refractivity contribution in [3.63, 3.8) is 0 Å². The maximum absolute atomic E-state index is 10.4. The number of hydrogen-bond donors (Lipinski definition) is 0. The van der Waals surface area contributed by atoms with E-state index in [0.29, 0.717) is 6.54 Å². The standard InChI is InChI=1S/C14H13N3O/c1-16-5-4-12-8-11(2-3-14(12)16)13-9-17(6-7-18)10-15-13/h2-5,7-10H,6H2,1H3. The highest BCUT2D eigenvalue weighted by atomic mass is 16.1. The van der Waals surface area contributed by atoms with Crippen molar-refractivity contribution in [3.8, 4) is 11.3 Å². The lowest BCUT2D eigenvalue weighted by Crippen LogP contribution is -1.93. The Bertz CT molecular complexity index is 709. The molecule has 0 saturated heterocycles. The smallest absolute Gasteiger partial charge is 0.139 e. The number of rotatable bonds is 3. The minimum Gasteiger partial charge on any atom is -0.351 e. The summed E-state index contributed by atoms with van der Waals surface area (Å²) in [4.78, 5) is 14.8. The molecule has 0 spiro atoms.